The summed E-state index contributed by atoms with van der Waals surface area (Å²) in [6.07, 6.45) is 0.251. The fourth-order valence-electron chi connectivity index (χ4n) is 3.31. The van der Waals surface area contributed by atoms with Gasteiger partial charge in [0, 0.05) is 30.2 Å². The topological polar surface area (TPSA) is 50.8 Å². The third kappa shape index (κ3) is 4.86. The number of hydrogen-bond acceptors (Lipinski definition) is 4. The average Bonchev–Trinajstić information content (AvgIpc) is 2.68. The predicted molar refractivity (Wildman–Crippen MR) is 109 cm³/mol. The van der Waals surface area contributed by atoms with Crippen LogP contribution in [0, 0.1) is 0 Å². The number of carbonyl (C=O) groups is 1. The minimum Gasteiger partial charge on any atom is -0.497 e. The van der Waals surface area contributed by atoms with Crippen LogP contribution in [-0.4, -0.2) is 44.7 Å². The Morgan fingerprint density at radius 2 is 2.00 bits per heavy atom. The van der Waals surface area contributed by atoms with Gasteiger partial charge in [0.1, 0.15) is 11.5 Å². The molecule has 2 aromatic carbocycles. The molecule has 1 unspecified atom stereocenters. The van der Waals surface area contributed by atoms with Crippen LogP contribution in [0.25, 0.3) is 0 Å². The van der Waals surface area contributed by atoms with E-state index in [1.807, 2.05) is 47.4 Å². The van der Waals surface area contributed by atoms with Gasteiger partial charge in [-0.2, -0.15) is 0 Å². The van der Waals surface area contributed by atoms with Crippen LogP contribution < -0.4 is 14.8 Å². The van der Waals surface area contributed by atoms with Crippen LogP contribution in [-0.2, 0) is 11.2 Å². The van der Waals surface area contributed by atoms with Crippen LogP contribution in [0.2, 0.25) is 5.02 Å². The van der Waals surface area contributed by atoms with Gasteiger partial charge < -0.3 is 19.7 Å². The Bertz CT molecular complexity index is 786. The first-order valence-corrected chi connectivity index (χ1v) is 8.97. The van der Waals surface area contributed by atoms with Gasteiger partial charge in [-0.25, -0.2) is 0 Å². The van der Waals surface area contributed by atoms with Crippen molar-refractivity contribution < 1.29 is 14.3 Å². The summed E-state index contributed by atoms with van der Waals surface area (Å²) < 4.78 is 10.7. The van der Waals surface area contributed by atoms with Crippen molar-refractivity contribution in [3.05, 3.63) is 58.6 Å². The number of carbonyl (C=O) groups excluding carboxylic acids is 1. The Labute approximate surface area is 171 Å². The molecule has 0 radical (unpaired) electrons. The number of piperazine rings is 1. The van der Waals surface area contributed by atoms with Crippen LogP contribution in [0.4, 0.5) is 0 Å². The summed E-state index contributed by atoms with van der Waals surface area (Å²) in [5.41, 5.74) is 1.78. The zero-order valence-electron chi connectivity index (χ0n) is 15.4. The summed E-state index contributed by atoms with van der Waals surface area (Å²) in [7, 11) is 3.21. The van der Waals surface area contributed by atoms with Crippen LogP contribution >= 0.6 is 24.0 Å². The molecule has 27 heavy (non-hydrogen) atoms. The molecule has 0 bridgehead atoms. The lowest BCUT2D eigenvalue weighted by Crippen LogP contribution is -2.49. The third-order valence-corrected chi connectivity index (χ3v) is 5.00. The minimum atomic E-state index is -0.0819. The van der Waals surface area contributed by atoms with Gasteiger partial charge >= 0.3 is 0 Å². The summed E-state index contributed by atoms with van der Waals surface area (Å²) >= 11 is 6.37. The van der Waals surface area contributed by atoms with Gasteiger partial charge in [-0.15, -0.1) is 12.4 Å². The largest absolute Gasteiger partial charge is 0.497 e. The number of hydrogen-bond donors (Lipinski definition) is 1. The number of methoxy groups -OCH3 is 2. The van der Waals surface area contributed by atoms with E-state index in [4.69, 9.17) is 21.1 Å². The van der Waals surface area contributed by atoms with Crippen LogP contribution in [0.5, 0.6) is 11.5 Å². The second kappa shape index (κ2) is 9.83. The maximum absolute atomic E-state index is 13.1. The Hall–Kier alpha value is -1.95. The van der Waals surface area contributed by atoms with Crippen molar-refractivity contribution in [2.45, 2.75) is 12.5 Å². The Kier molecular flexibility index (Phi) is 7.78. The number of rotatable bonds is 5. The minimum absolute atomic E-state index is 0. The molecule has 2 aromatic rings. The first-order valence-electron chi connectivity index (χ1n) is 8.59. The quantitative estimate of drug-likeness (QED) is 0.819. The highest BCUT2D eigenvalue weighted by molar-refractivity contribution is 6.31. The predicted octanol–water partition coefficient (Wildman–Crippen LogP) is 3.49. The SMILES string of the molecule is COc1ccc(OC)c(CC(=O)N2CCNCC2c2ccccc2Cl)c1.Cl. The molecule has 146 valence electrons. The molecule has 0 aromatic heterocycles. The lowest BCUT2D eigenvalue weighted by atomic mass is 10.0. The summed E-state index contributed by atoms with van der Waals surface area (Å²) in [5.74, 6) is 1.43. The maximum Gasteiger partial charge on any atom is 0.227 e. The Morgan fingerprint density at radius 1 is 1.22 bits per heavy atom. The van der Waals surface area contributed by atoms with Crippen molar-refractivity contribution in [1.29, 1.82) is 0 Å². The molecule has 7 heteroatoms. The van der Waals surface area contributed by atoms with Gasteiger partial charge in [0.15, 0.2) is 0 Å². The van der Waals surface area contributed by atoms with Crippen molar-refractivity contribution in [2.24, 2.45) is 0 Å². The van der Waals surface area contributed by atoms with E-state index >= 15 is 0 Å². The standard InChI is InChI=1S/C20H23ClN2O3.ClH/c1-25-15-7-8-19(26-2)14(11-15)12-20(24)23-10-9-22-13-18(23)16-5-3-4-6-17(16)21;/h3-8,11,18,22H,9-10,12-13H2,1-2H3;1H. The highest BCUT2D eigenvalue weighted by Gasteiger charge is 2.29. The fourth-order valence-corrected chi connectivity index (χ4v) is 3.57. The van der Waals surface area contributed by atoms with Crippen molar-refractivity contribution in [2.75, 3.05) is 33.9 Å². The molecule has 1 amide bonds. The number of nitrogens with zero attached hydrogens (tertiary/aromatic N) is 1. The van der Waals surface area contributed by atoms with Gasteiger partial charge in [-0.05, 0) is 29.8 Å². The zero-order valence-corrected chi connectivity index (χ0v) is 17.0. The molecular weight excluding hydrogens is 387 g/mol. The molecule has 1 fully saturated rings. The first-order chi connectivity index (χ1) is 12.6. The van der Waals surface area contributed by atoms with Crippen molar-refractivity contribution in [1.82, 2.24) is 10.2 Å². The number of amides is 1. The monoisotopic (exact) mass is 410 g/mol. The molecule has 1 atom stereocenters. The highest BCUT2D eigenvalue weighted by Crippen LogP contribution is 2.30. The fraction of sp³-hybridized carbons (Fsp3) is 0.350. The smallest absolute Gasteiger partial charge is 0.227 e. The molecule has 0 aliphatic carbocycles. The van der Waals surface area contributed by atoms with Gasteiger partial charge in [-0.3, -0.25) is 4.79 Å². The zero-order chi connectivity index (χ0) is 18.5. The van der Waals surface area contributed by atoms with E-state index in [1.54, 1.807) is 14.2 Å². The van der Waals surface area contributed by atoms with Crippen molar-refractivity contribution in [3.8, 4) is 11.5 Å². The molecule has 1 aliphatic rings. The molecular formula is C20H24Cl2N2O3. The first kappa shape index (κ1) is 21.4. The van der Waals surface area contributed by atoms with E-state index in [0.717, 1.165) is 17.7 Å². The van der Waals surface area contributed by atoms with E-state index in [9.17, 15) is 4.79 Å². The Morgan fingerprint density at radius 3 is 2.70 bits per heavy atom. The molecule has 1 saturated heterocycles. The Balaban J connectivity index is 0.00000261. The van der Waals surface area contributed by atoms with Crippen LogP contribution in [0.1, 0.15) is 17.2 Å². The number of nitrogens with one attached hydrogen (secondary N) is 1. The van der Waals surface area contributed by atoms with Crippen molar-refractivity contribution in [3.63, 3.8) is 0 Å². The molecule has 1 N–H and O–H groups in total. The molecule has 3 rings (SSSR count). The van der Waals surface area contributed by atoms with Crippen LogP contribution in [0.15, 0.2) is 42.5 Å². The normalized spacial score (nSPS) is 16.4. The average molecular weight is 411 g/mol. The summed E-state index contributed by atoms with van der Waals surface area (Å²) in [6, 6.07) is 13.1. The lowest BCUT2D eigenvalue weighted by Gasteiger charge is -2.37. The van der Waals surface area contributed by atoms with Crippen molar-refractivity contribution >= 4 is 29.9 Å². The molecule has 5 nitrogen and oxygen atoms in total. The van der Waals surface area contributed by atoms with Gasteiger partial charge in [0.2, 0.25) is 5.91 Å². The summed E-state index contributed by atoms with van der Waals surface area (Å²) in [4.78, 5) is 15.0. The highest BCUT2D eigenvalue weighted by atomic mass is 35.5. The second-order valence-electron chi connectivity index (χ2n) is 6.18. The number of benzene rings is 2. The summed E-state index contributed by atoms with van der Waals surface area (Å²) in [6.45, 7) is 2.09. The molecule has 1 heterocycles. The maximum atomic E-state index is 13.1. The van der Waals surface area contributed by atoms with E-state index in [0.29, 0.717) is 29.6 Å². The van der Waals surface area contributed by atoms with E-state index in [2.05, 4.69) is 5.32 Å². The van der Waals surface area contributed by atoms with Gasteiger partial charge in [0.05, 0.1) is 26.7 Å². The molecule has 0 spiro atoms. The van der Waals surface area contributed by atoms with E-state index < -0.39 is 0 Å². The van der Waals surface area contributed by atoms with E-state index in [1.165, 1.54) is 0 Å². The van der Waals surface area contributed by atoms with E-state index in [-0.39, 0.29) is 30.8 Å². The van der Waals surface area contributed by atoms with Gasteiger partial charge in [0.25, 0.3) is 0 Å². The molecule has 1 aliphatic heterocycles. The second-order valence-corrected chi connectivity index (χ2v) is 6.59. The lowest BCUT2D eigenvalue weighted by molar-refractivity contribution is -0.133. The number of ether oxygens (including phenoxy) is 2. The van der Waals surface area contributed by atoms with Crippen LogP contribution in [0.3, 0.4) is 0 Å². The summed E-state index contributed by atoms with van der Waals surface area (Å²) in [5, 5.41) is 4.03. The molecule has 0 saturated carbocycles. The third-order valence-electron chi connectivity index (χ3n) is 4.66. The number of halogens is 2. The van der Waals surface area contributed by atoms with Gasteiger partial charge in [-0.1, -0.05) is 29.8 Å².